The number of carbonyl (C=O) groups excluding carboxylic acids is 2. The molecule has 3 rings (SSSR count). The second-order valence-electron chi connectivity index (χ2n) is 5.49. The Morgan fingerprint density at radius 1 is 1.15 bits per heavy atom. The lowest BCUT2D eigenvalue weighted by molar-refractivity contribution is -0.136. The summed E-state index contributed by atoms with van der Waals surface area (Å²) in [6, 6.07) is 11.2. The highest BCUT2D eigenvalue weighted by Gasteiger charge is 2.18. The molecule has 140 valence electrons. The number of amides is 2. The lowest BCUT2D eigenvalue weighted by Gasteiger charge is -2.10. The summed E-state index contributed by atoms with van der Waals surface area (Å²) < 4.78 is 13.1. The second-order valence-corrected chi connectivity index (χ2v) is 7.96. The van der Waals surface area contributed by atoms with Crippen molar-refractivity contribution >= 4 is 51.8 Å². The number of aliphatic hydroxyl groups is 1. The maximum absolute atomic E-state index is 13.1. The van der Waals surface area contributed by atoms with Gasteiger partial charge in [0, 0.05) is 26.9 Å². The van der Waals surface area contributed by atoms with Gasteiger partial charge in [-0.25, -0.2) is 4.39 Å². The Hall–Kier alpha value is -2.26. The van der Waals surface area contributed by atoms with Gasteiger partial charge >= 0.3 is 11.8 Å². The van der Waals surface area contributed by atoms with Gasteiger partial charge in [0.1, 0.15) is 11.9 Å². The van der Waals surface area contributed by atoms with Crippen LogP contribution in [0.5, 0.6) is 0 Å². The normalized spacial score (nSPS) is 11.8. The molecule has 27 heavy (non-hydrogen) atoms. The Kier molecular flexibility index (Phi) is 6.22. The number of halogens is 2. The van der Waals surface area contributed by atoms with Crippen LogP contribution in [-0.4, -0.2) is 23.5 Å². The van der Waals surface area contributed by atoms with E-state index in [4.69, 9.17) is 11.6 Å². The molecule has 1 atom stereocenters. The third kappa shape index (κ3) is 4.92. The Balaban J connectivity index is 1.53. The van der Waals surface area contributed by atoms with Crippen LogP contribution in [0.15, 0.2) is 47.8 Å². The van der Waals surface area contributed by atoms with Gasteiger partial charge < -0.3 is 15.7 Å². The van der Waals surface area contributed by atoms with Gasteiger partial charge in [-0.15, -0.1) is 22.7 Å². The highest BCUT2D eigenvalue weighted by Crippen LogP contribution is 2.33. The molecule has 2 aromatic heterocycles. The van der Waals surface area contributed by atoms with E-state index in [1.807, 2.05) is 23.6 Å². The Morgan fingerprint density at radius 2 is 1.96 bits per heavy atom. The molecule has 2 heterocycles. The zero-order valence-electron chi connectivity index (χ0n) is 13.7. The highest BCUT2D eigenvalue weighted by atomic mass is 35.5. The van der Waals surface area contributed by atoms with Crippen molar-refractivity contribution in [2.24, 2.45) is 0 Å². The zero-order chi connectivity index (χ0) is 19.4. The van der Waals surface area contributed by atoms with Crippen LogP contribution >= 0.6 is 34.3 Å². The molecule has 5 nitrogen and oxygen atoms in total. The summed E-state index contributed by atoms with van der Waals surface area (Å²) >= 11 is 8.65. The summed E-state index contributed by atoms with van der Waals surface area (Å²) in [5.74, 6) is -2.47. The van der Waals surface area contributed by atoms with Crippen molar-refractivity contribution in [2.45, 2.75) is 6.10 Å². The third-order valence-electron chi connectivity index (χ3n) is 3.56. The monoisotopic (exact) mass is 424 g/mol. The Morgan fingerprint density at radius 3 is 2.67 bits per heavy atom. The van der Waals surface area contributed by atoms with E-state index in [-0.39, 0.29) is 17.3 Å². The maximum atomic E-state index is 13.1. The summed E-state index contributed by atoms with van der Waals surface area (Å²) in [7, 11) is 0. The summed E-state index contributed by atoms with van der Waals surface area (Å²) in [6.07, 6.45) is -0.930. The van der Waals surface area contributed by atoms with E-state index in [9.17, 15) is 19.1 Å². The number of benzene rings is 1. The van der Waals surface area contributed by atoms with Gasteiger partial charge in [0.2, 0.25) is 0 Å². The highest BCUT2D eigenvalue weighted by molar-refractivity contribution is 7.21. The van der Waals surface area contributed by atoms with Crippen molar-refractivity contribution in [1.29, 1.82) is 0 Å². The van der Waals surface area contributed by atoms with Gasteiger partial charge in [-0.2, -0.15) is 0 Å². The van der Waals surface area contributed by atoms with Gasteiger partial charge in [-0.3, -0.25) is 9.59 Å². The largest absolute Gasteiger partial charge is 0.386 e. The van der Waals surface area contributed by atoms with Crippen molar-refractivity contribution in [3.8, 4) is 9.75 Å². The minimum atomic E-state index is -0.935. The molecule has 0 fully saturated rings. The molecule has 0 radical (unpaired) electrons. The van der Waals surface area contributed by atoms with E-state index in [0.717, 1.165) is 15.8 Å². The lowest BCUT2D eigenvalue weighted by atomic mass is 10.2. The van der Waals surface area contributed by atoms with Crippen LogP contribution in [0, 0.1) is 5.82 Å². The summed E-state index contributed by atoms with van der Waals surface area (Å²) in [5.41, 5.74) is 0.195. The molecule has 1 unspecified atom stereocenters. The van der Waals surface area contributed by atoms with Gasteiger partial charge in [0.05, 0.1) is 5.02 Å². The van der Waals surface area contributed by atoms with Gasteiger partial charge in [0.15, 0.2) is 0 Å². The Bertz CT molecular complexity index is 959. The fraction of sp³-hybridized carbons (Fsp3) is 0.111. The van der Waals surface area contributed by atoms with E-state index >= 15 is 0 Å². The van der Waals surface area contributed by atoms with Crippen LogP contribution in [0.2, 0.25) is 5.02 Å². The molecule has 0 saturated heterocycles. The van der Waals surface area contributed by atoms with E-state index < -0.39 is 23.7 Å². The minimum absolute atomic E-state index is 0.110. The second kappa shape index (κ2) is 8.62. The first-order chi connectivity index (χ1) is 12.9. The van der Waals surface area contributed by atoms with E-state index in [1.54, 1.807) is 17.4 Å². The molecule has 0 aliphatic carbocycles. The smallest absolute Gasteiger partial charge is 0.313 e. The minimum Gasteiger partial charge on any atom is -0.386 e. The SMILES string of the molecule is O=C(NCC(O)c1ccc(-c2cccs2)s1)C(=O)Nc1ccc(F)c(Cl)c1. The zero-order valence-corrected chi connectivity index (χ0v) is 16.1. The summed E-state index contributed by atoms with van der Waals surface area (Å²) in [5, 5.41) is 16.7. The molecule has 3 aromatic rings. The number of rotatable bonds is 5. The van der Waals surface area contributed by atoms with Crippen LogP contribution in [0.3, 0.4) is 0 Å². The fourth-order valence-corrected chi connectivity index (χ4v) is 4.22. The van der Waals surface area contributed by atoms with Crippen LogP contribution in [-0.2, 0) is 9.59 Å². The number of carbonyl (C=O) groups is 2. The van der Waals surface area contributed by atoms with Crippen molar-refractivity contribution in [1.82, 2.24) is 5.32 Å². The van der Waals surface area contributed by atoms with E-state index in [1.165, 1.54) is 23.5 Å². The van der Waals surface area contributed by atoms with Crippen molar-refractivity contribution in [3.63, 3.8) is 0 Å². The molecule has 0 saturated carbocycles. The predicted octanol–water partition coefficient (Wildman–Crippen LogP) is 4.06. The molecule has 1 aromatic carbocycles. The molecule has 9 heteroatoms. The average molecular weight is 425 g/mol. The van der Waals surface area contributed by atoms with Gasteiger partial charge in [0.25, 0.3) is 0 Å². The summed E-state index contributed by atoms with van der Waals surface area (Å²) in [4.78, 5) is 26.6. The molecule has 0 aliphatic rings. The third-order valence-corrected chi connectivity index (χ3v) is 6.10. The number of aliphatic hydroxyl groups excluding tert-OH is 1. The first-order valence-corrected chi connectivity index (χ1v) is 9.87. The molecule has 0 bridgehead atoms. The van der Waals surface area contributed by atoms with Gasteiger partial charge in [-0.1, -0.05) is 17.7 Å². The molecular formula is C18H14ClFN2O3S2. The maximum Gasteiger partial charge on any atom is 0.313 e. The van der Waals surface area contributed by atoms with Crippen LogP contribution in [0.1, 0.15) is 11.0 Å². The predicted molar refractivity (Wildman–Crippen MR) is 106 cm³/mol. The molecular weight excluding hydrogens is 411 g/mol. The standard InChI is InChI=1S/C18H14ClFN2O3S2/c19-11-8-10(3-4-12(11)20)22-18(25)17(24)21-9-13(23)14-5-6-16(27-14)15-2-1-7-26-15/h1-8,13,23H,9H2,(H,21,24)(H,22,25). The van der Waals surface area contributed by atoms with Crippen LogP contribution in [0.4, 0.5) is 10.1 Å². The van der Waals surface area contributed by atoms with E-state index in [0.29, 0.717) is 4.88 Å². The first kappa shape index (κ1) is 19.5. The van der Waals surface area contributed by atoms with Crippen molar-refractivity contribution < 1.29 is 19.1 Å². The average Bonchev–Trinajstić information content (AvgIpc) is 3.33. The number of anilines is 1. The number of thiophene rings is 2. The van der Waals surface area contributed by atoms with Crippen LogP contribution in [0.25, 0.3) is 9.75 Å². The molecule has 2 amide bonds. The number of nitrogens with one attached hydrogen (secondary N) is 2. The topological polar surface area (TPSA) is 78.4 Å². The number of hydrogen-bond acceptors (Lipinski definition) is 5. The fourth-order valence-electron chi connectivity index (χ4n) is 2.22. The van der Waals surface area contributed by atoms with Gasteiger partial charge in [-0.05, 0) is 41.8 Å². The molecule has 3 N–H and O–H groups in total. The quantitative estimate of drug-likeness (QED) is 0.540. The van der Waals surface area contributed by atoms with Crippen molar-refractivity contribution in [2.75, 3.05) is 11.9 Å². The first-order valence-electron chi connectivity index (χ1n) is 7.80. The number of hydrogen-bond donors (Lipinski definition) is 3. The molecule has 0 aliphatic heterocycles. The Labute approximate surface area is 167 Å². The van der Waals surface area contributed by atoms with Crippen molar-refractivity contribution in [3.05, 3.63) is 63.6 Å². The van der Waals surface area contributed by atoms with Crippen LogP contribution < -0.4 is 10.6 Å². The van der Waals surface area contributed by atoms with E-state index in [2.05, 4.69) is 10.6 Å². The summed E-state index contributed by atoms with van der Waals surface area (Å²) in [6.45, 7) is -0.110. The molecule has 0 spiro atoms. The lowest BCUT2D eigenvalue weighted by Crippen LogP contribution is -2.37.